The topological polar surface area (TPSA) is 55.4 Å². The minimum Gasteiger partial charge on any atom is -0.455 e. The highest BCUT2D eigenvalue weighted by atomic mass is 79.9. The molecule has 3 rings (SSSR count). The number of carbonyl (C=O) groups excluding carboxylic acids is 2. The first-order valence-corrected chi connectivity index (χ1v) is 8.55. The van der Waals surface area contributed by atoms with Crippen LogP contribution in [-0.4, -0.2) is 18.5 Å². The van der Waals surface area contributed by atoms with Gasteiger partial charge in [-0.15, -0.1) is 0 Å². The van der Waals surface area contributed by atoms with Crippen molar-refractivity contribution in [2.24, 2.45) is 17.8 Å². The zero-order valence-electron chi connectivity index (χ0n) is 12.6. The summed E-state index contributed by atoms with van der Waals surface area (Å²) in [5, 5.41) is 2.78. The molecule has 0 aromatic heterocycles. The molecule has 2 aliphatic carbocycles. The number of esters is 1. The first-order valence-electron chi connectivity index (χ1n) is 7.75. The number of hydrogen-bond acceptors (Lipinski definition) is 3. The number of amides is 1. The van der Waals surface area contributed by atoms with Gasteiger partial charge in [0.15, 0.2) is 6.61 Å². The molecule has 1 aromatic carbocycles. The number of fused-ring (bicyclic) bond motifs is 2. The van der Waals surface area contributed by atoms with E-state index in [9.17, 15) is 9.59 Å². The van der Waals surface area contributed by atoms with Crippen molar-refractivity contribution in [1.29, 1.82) is 0 Å². The molecule has 0 spiro atoms. The summed E-state index contributed by atoms with van der Waals surface area (Å²) < 4.78 is 6.18. The van der Waals surface area contributed by atoms with Crippen LogP contribution in [-0.2, 0) is 14.3 Å². The summed E-state index contributed by atoms with van der Waals surface area (Å²) >= 11 is 3.38. The summed E-state index contributed by atoms with van der Waals surface area (Å²) in [5.74, 6) is 0.703. The standard InChI is InChI=1S/C17H20BrNO3/c1-10-6-13(18)4-5-15(10)19-16(20)9-22-17(21)14-8-11-2-3-12(14)7-11/h4-6,11-12,14H,2-3,7-9H2,1H3,(H,19,20). The maximum absolute atomic E-state index is 12.1. The second kappa shape index (κ2) is 6.41. The van der Waals surface area contributed by atoms with E-state index in [1.807, 2.05) is 25.1 Å². The Hall–Kier alpha value is -1.36. The van der Waals surface area contributed by atoms with Gasteiger partial charge in [0.25, 0.3) is 5.91 Å². The number of ether oxygens (including phenoxy) is 1. The molecule has 3 unspecified atom stereocenters. The molecule has 4 nitrogen and oxygen atoms in total. The van der Waals surface area contributed by atoms with Crippen LogP contribution in [0.1, 0.15) is 31.2 Å². The highest BCUT2D eigenvalue weighted by Gasteiger charge is 2.43. The lowest BCUT2D eigenvalue weighted by atomic mass is 9.89. The van der Waals surface area contributed by atoms with Crippen LogP contribution in [0.15, 0.2) is 22.7 Å². The van der Waals surface area contributed by atoms with E-state index in [4.69, 9.17) is 4.74 Å². The van der Waals surface area contributed by atoms with Gasteiger partial charge in [-0.1, -0.05) is 22.4 Å². The Morgan fingerprint density at radius 3 is 2.77 bits per heavy atom. The molecule has 1 amide bonds. The number of aryl methyl sites for hydroxylation is 1. The molecule has 1 N–H and O–H groups in total. The van der Waals surface area contributed by atoms with Gasteiger partial charge in [0, 0.05) is 10.2 Å². The Balaban J connectivity index is 1.49. The zero-order chi connectivity index (χ0) is 15.7. The summed E-state index contributed by atoms with van der Waals surface area (Å²) in [6, 6.07) is 5.62. The zero-order valence-corrected chi connectivity index (χ0v) is 14.2. The lowest BCUT2D eigenvalue weighted by Crippen LogP contribution is -2.27. The van der Waals surface area contributed by atoms with E-state index in [2.05, 4.69) is 21.2 Å². The van der Waals surface area contributed by atoms with Gasteiger partial charge in [0.1, 0.15) is 0 Å². The van der Waals surface area contributed by atoms with Crippen molar-refractivity contribution in [2.45, 2.75) is 32.6 Å². The van der Waals surface area contributed by atoms with Gasteiger partial charge in [-0.25, -0.2) is 0 Å². The van der Waals surface area contributed by atoms with Crippen molar-refractivity contribution < 1.29 is 14.3 Å². The minimum atomic E-state index is -0.290. The van der Waals surface area contributed by atoms with Crippen molar-refractivity contribution in [3.05, 3.63) is 28.2 Å². The first-order chi connectivity index (χ1) is 10.5. The quantitative estimate of drug-likeness (QED) is 0.828. The molecule has 0 aliphatic heterocycles. The second-order valence-electron chi connectivity index (χ2n) is 6.40. The largest absolute Gasteiger partial charge is 0.455 e. The fourth-order valence-corrected chi connectivity index (χ4v) is 4.21. The smallest absolute Gasteiger partial charge is 0.309 e. The molecular formula is C17H20BrNO3. The predicted octanol–water partition coefficient (Wildman–Crippen LogP) is 3.68. The van der Waals surface area contributed by atoms with Crippen LogP contribution in [0.5, 0.6) is 0 Å². The third-order valence-corrected chi connectivity index (χ3v) is 5.34. The molecule has 1 aromatic rings. The molecule has 0 radical (unpaired) electrons. The Bertz CT molecular complexity index is 602. The Morgan fingerprint density at radius 1 is 1.32 bits per heavy atom. The van der Waals surface area contributed by atoms with E-state index < -0.39 is 0 Å². The van der Waals surface area contributed by atoms with E-state index in [0.717, 1.165) is 35.0 Å². The number of carbonyl (C=O) groups is 2. The van der Waals surface area contributed by atoms with Crippen LogP contribution in [0.2, 0.25) is 0 Å². The highest BCUT2D eigenvalue weighted by molar-refractivity contribution is 9.10. The van der Waals surface area contributed by atoms with Crippen LogP contribution < -0.4 is 5.32 Å². The molecule has 2 saturated carbocycles. The van der Waals surface area contributed by atoms with Gasteiger partial charge in [0.2, 0.25) is 0 Å². The average Bonchev–Trinajstić information content (AvgIpc) is 3.10. The van der Waals surface area contributed by atoms with Crippen molar-refractivity contribution >= 4 is 33.5 Å². The molecule has 0 saturated heterocycles. The molecule has 118 valence electrons. The van der Waals surface area contributed by atoms with E-state index in [1.165, 1.54) is 6.42 Å². The fourth-order valence-electron chi connectivity index (χ4n) is 3.73. The second-order valence-corrected chi connectivity index (χ2v) is 7.31. The van der Waals surface area contributed by atoms with E-state index >= 15 is 0 Å². The van der Waals surface area contributed by atoms with Crippen LogP contribution in [0.25, 0.3) is 0 Å². The summed E-state index contributed by atoms with van der Waals surface area (Å²) in [5.41, 5.74) is 1.70. The summed E-state index contributed by atoms with van der Waals surface area (Å²) in [6.45, 7) is 1.71. The van der Waals surface area contributed by atoms with E-state index in [0.29, 0.717) is 11.8 Å². The van der Waals surface area contributed by atoms with Crippen molar-refractivity contribution in [1.82, 2.24) is 0 Å². The number of halogens is 1. The molecule has 3 atom stereocenters. The fraction of sp³-hybridized carbons (Fsp3) is 0.529. The number of anilines is 1. The van der Waals surface area contributed by atoms with Crippen molar-refractivity contribution in [3.63, 3.8) is 0 Å². The molecule has 2 bridgehead atoms. The number of benzene rings is 1. The molecule has 22 heavy (non-hydrogen) atoms. The summed E-state index contributed by atoms with van der Waals surface area (Å²) in [7, 11) is 0. The Kier molecular flexibility index (Phi) is 4.52. The first kappa shape index (κ1) is 15.5. The lowest BCUT2D eigenvalue weighted by molar-refractivity contribution is -0.153. The van der Waals surface area contributed by atoms with Gasteiger partial charge in [0.05, 0.1) is 5.92 Å². The molecule has 5 heteroatoms. The SMILES string of the molecule is Cc1cc(Br)ccc1NC(=O)COC(=O)C1CC2CCC1C2. The van der Waals surface area contributed by atoms with Crippen molar-refractivity contribution in [3.8, 4) is 0 Å². The van der Waals surface area contributed by atoms with Crippen LogP contribution in [0.3, 0.4) is 0 Å². The van der Waals surface area contributed by atoms with Crippen molar-refractivity contribution in [2.75, 3.05) is 11.9 Å². The molecule has 2 aliphatic rings. The normalized spacial score (nSPS) is 26.0. The lowest BCUT2D eigenvalue weighted by Gasteiger charge is -2.19. The molecule has 2 fully saturated rings. The Labute approximate surface area is 138 Å². The minimum absolute atomic E-state index is 0.0148. The van der Waals surface area contributed by atoms with Gasteiger partial charge in [-0.05, 0) is 61.8 Å². The van der Waals surface area contributed by atoms with Gasteiger partial charge in [-0.3, -0.25) is 9.59 Å². The van der Waals surface area contributed by atoms with Gasteiger partial charge in [-0.2, -0.15) is 0 Å². The highest BCUT2D eigenvalue weighted by Crippen LogP contribution is 2.48. The number of hydrogen-bond donors (Lipinski definition) is 1. The van der Waals surface area contributed by atoms with Crippen LogP contribution in [0, 0.1) is 24.7 Å². The molecular weight excluding hydrogens is 346 g/mol. The Morgan fingerprint density at radius 2 is 2.14 bits per heavy atom. The van der Waals surface area contributed by atoms with E-state index in [-0.39, 0.29) is 24.4 Å². The van der Waals surface area contributed by atoms with Gasteiger partial charge >= 0.3 is 5.97 Å². The summed E-state index contributed by atoms with van der Waals surface area (Å²) in [6.07, 6.45) is 4.48. The van der Waals surface area contributed by atoms with Gasteiger partial charge < -0.3 is 10.1 Å². The van der Waals surface area contributed by atoms with Crippen LogP contribution in [0.4, 0.5) is 5.69 Å². The van der Waals surface area contributed by atoms with Crippen LogP contribution >= 0.6 is 15.9 Å². The summed E-state index contributed by atoms with van der Waals surface area (Å²) in [4.78, 5) is 24.0. The average molecular weight is 366 g/mol. The number of nitrogens with one attached hydrogen (secondary N) is 1. The third kappa shape index (κ3) is 3.35. The maximum Gasteiger partial charge on any atom is 0.309 e. The van der Waals surface area contributed by atoms with E-state index in [1.54, 1.807) is 0 Å². The predicted molar refractivity (Wildman–Crippen MR) is 87.4 cm³/mol. The maximum atomic E-state index is 12.1. The number of rotatable bonds is 4. The third-order valence-electron chi connectivity index (χ3n) is 4.85. The monoisotopic (exact) mass is 365 g/mol. The molecule has 0 heterocycles.